The van der Waals surface area contributed by atoms with Crippen LogP contribution < -0.4 is 11.1 Å². The summed E-state index contributed by atoms with van der Waals surface area (Å²) in [6.07, 6.45) is 5.30. The van der Waals surface area contributed by atoms with Gasteiger partial charge >= 0.3 is 0 Å². The van der Waals surface area contributed by atoms with Gasteiger partial charge in [0.25, 0.3) is 0 Å². The fourth-order valence-electron chi connectivity index (χ4n) is 3.43. The molecule has 0 heterocycles. The second-order valence-corrected chi connectivity index (χ2v) is 6.95. The van der Waals surface area contributed by atoms with Crippen LogP contribution in [0.3, 0.4) is 0 Å². The monoisotopic (exact) mass is 254 g/mol. The third kappa shape index (κ3) is 3.05. The highest BCUT2D eigenvalue weighted by atomic mass is 16.1. The fraction of sp³-hybridized carbons (Fsp3) is 0.933. The van der Waals surface area contributed by atoms with E-state index in [1.165, 1.54) is 6.42 Å². The lowest BCUT2D eigenvalue weighted by atomic mass is 9.61. The summed E-state index contributed by atoms with van der Waals surface area (Å²) >= 11 is 0. The highest BCUT2D eigenvalue weighted by Crippen LogP contribution is 2.44. The molecular formula is C15H30N2O. The van der Waals surface area contributed by atoms with Crippen molar-refractivity contribution < 1.29 is 4.79 Å². The quantitative estimate of drug-likeness (QED) is 0.810. The largest absolute Gasteiger partial charge is 0.368 e. The lowest BCUT2D eigenvalue weighted by Gasteiger charge is -2.49. The summed E-state index contributed by atoms with van der Waals surface area (Å²) in [5.41, 5.74) is 5.39. The zero-order valence-electron chi connectivity index (χ0n) is 12.7. The number of carbonyl (C=O) groups is 1. The third-order valence-corrected chi connectivity index (χ3v) is 4.51. The van der Waals surface area contributed by atoms with Gasteiger partial charge in [-0.05, 0) is 37.5 Å². The van der Waals surface area contributed by atoms with Crippen molar-refractivity contribution in [3.05, 3.63) is 0 Å². The van der Waals surface area contributed by atoms with Crippen LogP contribution in [0.25, 0.3) is 0 Å². The van der Waals surface area contributed by atoms with E-state index in [9.17, 15) is 4.79 Å². The van der Waals surface area contributed by atoms with Crippen LogP contribution in [0.2, 0.25) is 0 Å². The molecule has 3 unspecified atom stereocenters. The number of nitrogens with two attached hydrogens (primary N) is 1. The van der Waals surface area contributed by atoms with Crippen LogP contribution in [0, 0.1) is 11.3 Å². The van der Waals surface area contributed by atoms with Crippen molar-refractivity contribution in [1.82, 2.24) is 5.32 Å². The molecule has 1 aliphatic rings. The smallest absolute Gasteiger partial charge is 0.238 e. The highest BCUT2D eigenvalue weighted by Gasteiger charge is 2.50. The van der Waals surface area contributed by atoms with Crippen LogP contribution in [0.5, 0.6) is 0 Å². The zero-order valence-corrected chi connectivity index (χ0v) is 12.7. The van der Waals surface area contributed by atoms with Crippen molar-refractivity contribution in [2.45, 2.75) is 78.3 Å². The highest BCUT2D eigenvalue weighted by molar-refractivity contribution is 5.85. The predicted octanol–water partition coefficient (Wildman–Crippen LogP) is 2.83. The second kappa shape index (κ2) is 5.60. The molecule has 3 N–H and O–H groups in total. The molecule has 0 aromatic carbocycles. The molecule has 0 aromatic heterocycles. The van der Waals surface area contributed by atoms with Crippen LogP contribution in [0.4, 0.5) is 0 Å². The van der Waals surface area contributed by atoms with Crippen molar-refractivity contribution in [3.8, 4) is 0 Å². The van der Waals surface area contributed by atoms with Gasteiger partial charge in [-0.3, -0.25) is 4.79 Å². The van der Waals surface area contributed by atoms with Gasteiger partial charge in [-0.2, -0.15) is 0 Å². The van der Waals surface area contributed by atoms with E-state index >= 15 is 0 Å². The number of carbonyl (C=O) groups excluding carboxylic acids is 1. The van der Waals surface area contributed by atoms with E-state index in [2.05, 4.69) is 39.9 Å². The van der Waals surface area contributed by atoms with E-state index in [0.717, 1.165) is 25.7 Å². The number of hydrogen-bond acceptors (Lipinski definition) is 2. The van der Waals surface area contributed by atoms with E-state index in [-0.39, 0.29) is 11.3 Å². The molecule has 1 aliphatic carbocycles. The molecule has 0 spiro atoms. The minimum Gasteiger partial charge on any atom is -0.368 e. The zero-order chi connectivity index (χ0) is 14.0. The molecular weight excluding hydrogens is 224 g/mol. The summed E-state index contributed by atoms with van der Waals surface area (Å²) in [4.78, 5) is 12.1. The Balaban J connectivity index is 3.07. The van der Waals surface area contributed by atoms with Gasteiger partial charge in [0.15, 0.2) is 0 Å². The van der Waals surface area contributed by atoms with Crippen molar-refractivity contribution in [2.75, 3.05) is 0 Å². The van der Waals surface area contributed by atoms with Crippen LogP contribution in [-0.2, 0) is 4.79 Å². The van der Waals surface area contributed by atoms with Crippen LogP contribution in [0.1, 0.15) is 66.7 Å². The first-order chi connectivity index (χ1) is 8.24. The van der Waals surface area contributed by atoms with Crippen LogP contribution >= 0.6 is 0 Å². The Bertz CT molecular complexity index is 295. The van der Waals surface area contributed by atoms with Gasteiger partial charge in [-0.25, -0.2) is 0 Å². The number of hydrogen-bond donors (Lipinski definition) is 2. The van der Waals surface area contributed by atoms with Gasteiger partial charge in [0.2, 0.25) is 5.91 Å². The summed E-state index contributed by atoms with van der Waals surface area (Å²) in [6.45, 7) is 10.9. The number of nitrogens with one attached hydrogen (secondary N) is 1. The second-order valence-electron chi connectivity index (χ2n) is 6.95. The normalized spacial score (nSPS) is 31.1. The molecule has 1 rings (SSSR count). The lowest BCUT2D eigenvalue weighted by Crippen LogP contribution is -2.66. The molecule has 1 saturated carbocycles. The van der Waals surface area contributed by atoms with Crippen molar-refractivity contribution >= 4 is 5.91 Å². The summed E-state index contributed by atoms with van der Waals surface area (Å²) in [6, 6.07) is 0.334. The molecule has 18 heavy (non-hydrogen) atoms. The Kier molecular flexibility index (Phi) is 4.82. The van der Waals surface area contributed by atoms with Gasteiger partial charge in [0, 0.05) is 6.04 Å². The first-order valence-electron chi connectivity index (χ1n) is 7.31. The van der Waals surface area contributed by atoms with E-state index in [1.54, 1.807) is 0 Å². The maximum Gasteiger partial charge on any atom is 0.238 e. The van der Waals surface area contributed by atoms with E-state index in [0.29, 0.717) is 12.0 Å². The van der Waals surface area contributed by atoms with Crippen LogP contribution in [0.15, 0.2) is 0 Å². The molecule has 0 bridgehead atoms. The average molecular weight is 254 g/mol. The van der Waals surface area contributed by atoms with Crippen molar-refractivity contribution in [2.24, 2.45) is 17.1 Å². The molecule has 0 aromatic rings. The Morgan fingerprint density at radius 3 is 2.50 bits per heavy atom. The maximum atomic E-state index is 12.1. The molecule has 3 heteroatoms. The summed E-state index contributed by atoms with van der Waals surface area (Å²) in [5, 5.41) is 3.56. The molecule has 106 valence electrons. The molecule has 1 fully saturated rings. The maximum absolute atomic E-state index is 12.1. The van der Waals surface area contributed by atoms with Gasteiger partial charge < -0.3 is 11.1 Å². The van der Waals surface area contributed by atoms with Gasteiger partial charge in [-0.1, -0.05) is 40.5 Å². The lowest BCUT2D eigenvalue weighted by molar-refractivity contribution is -0.131. The van der Waals surface area contributed by atoms with E-state index in [1.807, 2.05) is 0 Å². The van der Waals surface area contributed by atoms with E-state index in [4.69, 9.17) is 5.73 Å². The molecule has 3 nitrogen and oxygen atoms in total. The summed E-state index contributed by atoms with van der Waals surface area (Å²) in [5.74, 6) is 0.160. The average Bonchev–Trinajstić information content (AvgIpc) is 2.27. The van der Waals surface area contributed by atoms with Gasteiger partial charge in [0.05, 0.1) is 0 Å². The molecule has 1 amide bonds. The summed E-state index contributed by atoms with van der Waals surface area (Å²) < 4.78 is 0. The Morgan fingerprint density at radius 1 is 1.44 bits per heavy atom. The SMILES string of the molecule is CCC(C)NC1(C(N)=O)CCCCC1C(C)(C)C. The first kappa shape index (κ1) is 15.5. The molecule has 0 saturated heterocycles. The number of primary amides is 1. The van der Waals surface area contributed by atoms with E-state index < -0.39 is 5.54 Å². The number of amides is 1. The van der Waals surface area contributed by atoms with Crippen LogP contribution in [-0.4, -0.2) is 17.5 Å². The fourth-order valence-corrected chi connectivity index (χ4v) is 3.43. The first-order valence-corrected chi connectivity index (χ1v) is 7.31. The Hall–Kier alpha value is -0.570. The van der Waals surface area contributed by atoms with Gasteiger partial charge in [-0.15, -0.1) is 0 Å². The Morgan fingerprint density at radius 2 is 2.06 bits per heavy atom. The standard InChI is InChI=1S/C15H30N2O/c1-6-11(2)17-15(13(16)18)10-8-7-9-12(15)14(3,4)5/h11-12,17H,6-10H2,1-5H3,(H2,16,18). The minimum absolute atomic E-state index is 0.107. The topological polar surface area (TPSA) is 55.1 Å². The summed E-state index contributed by atoms with van der Waals surface area (Å²) in [7, 11) is 0. The Labute approximate surface area is 112 Å². The third-order valence-electron chi connectivity index (χ3n) is 4.51. The number of rotatable bonds is 4. The molecule has 0 radical (unpaired) electrons. The minimum atomic E-state index is -0.508. The van der Waals surface area contributed by atoms with Crippen molar-refractivity contribution in [3.63, 3.8) is 0 Å². The predicted molar refractivity (Wildman–Crippen MR) is 76.2 cm³/mol. The molecule has 3 atom stereocenters. The van der Waals surface area contributed by atoms with Gasteiger partial charge in [0.1, 0.15) is 5.54 Å². The molecule has 0 aliphatic heterocycles. The van der Waals surface area contributed by atoms with Crippen molar-refractivity contribution in [1.29, 1.82) is 0 Å².